The smallest absolute Gasteiger partial charge is 0.0412 e. The minimum absolute atomic E-state index is 0.833. The molecule has 2 saturated carbocycles. The molecule has 4 unspecified atom stereocenters. The lowest BCUT2D eigenvalue weighted by Gasteiger charge is -2.06. The lowest BCUT2D eigenvalue weighted by molar-refractivity contribution is 0.461. The van der Waals surface area contributed by atoms with Crippen molar-refractivity contribution in [2.45, 2.75) is 126 Å². The molecule has 0 bridgehead atoms. The number of rotatable bonds is 6. The van der Waals surface area contributed by atoms with Gasteiger partial charge >= 0.3 is 0 Å². The molecule has 0 aromatic rings. The van der Waals surface area contributed by atoms with Crippen molar-refractivity contribution in [2.75, 3.05) is 0 Å². The van der Waals surface area contributed by atoms with Crippen molar-refractivity contribution < 1.29 is 0 Å². The van der Waals surface area contributed by atoms with Crippen molar-refractivity contribution in [2.24, 2.45) is 29.6 Å². The third-order valence-corrected chi connectivity index (χ3v) is 5.54. The largest absolute Gasteiger partial charge is 0.0654 e. The van der Waals surface area contributed by atoms with Crippen molar-refractivity contribution >= 4 is 0 Å². The second kappa shape index (κ2) is 15.3. The van der Waals surface area contributed by atoms with Crippen LogP contribution in [0.15, 0.2) is 0 Å². The molecule has 2 aliphatic carbocycles. The summed E-state index contributed by atoms with van der Waals surface area (Å²) in [6.45, 7) is 15.9. The predicted molar refractivity (Wildman–Crippen MR) is 113 cm³/mol. The molecular formula is C24H50. The molecule has 146 valence electrons. The van der Waals surface area contributed by atoms with Crippen LogP contribution < -0.4 is 0 Å². The van der Waals surface area contributed by atoms with Crippen molar-refractivity contribution in [3.63, 3.8) is 0 Å². The summed E-state index contributed by atoms with van der Waals surface area (Å²) < 4.78 is 0. The molecule has 0 radical (unpaired) electrons. The molecule has 2 rings (SSSR count). The van der Waals surface area contributed by atoms with Crippen LogP contribution in [0.5, 0.6) is 0 Å². The Morgan fingerprint density at radius 1 is 0.667 bits per heavy atom. The molecule has 24 heavy (non-hydrogen) atoms. The molecule has 0 saturated heterocycles. The van der Waals surface area contributed by atoms with Gasteiger partial charge in [-0.05, 0) is 42.4 Å². The van der Waals surface area contributed by atoms with Crippen LogP contribution in [0.25, 0.3) is 0 Å². The van der Waals surface area contributed by atoms with E-state index in [4.69, 9.17) is 0 Å². The highest BCUT2D eigenvalue weighted by molar-refractivity contribution is 4.72. The number of unbranched alkanes of at least 4 members (excludes halogenated alkanes) is 2. The van der Waals surface area contributed by atoms with E-state index in [0.29, 0.717) is 0 Å². The Hall–Kier alpha value is 0. The number of hydrogen-bond acceptors (Lipinski definition) is 0. The molecule has 4 atom stereocenters. The normalized spacial score (nSPS) is 29.0. The van der Waals surface area contributed by atoms with Gasteiger partial charge < -0.3 is 0 Å². The zero-order valence-corrected chi connectivity index (χ0v) is 18.4. The van der Waals surface area contributed by atoms with Gasteiger partial charge in [0.15, 0.2) is 0 Å². The average molecular weight is 340 g/mol. The highest BCUT2D eigenvalue weighted by atomic mass is 14.3. The first-order chi connectivity index (χ1) is 11.4. The zero-order chi connectivity index (χ0) is 18.4. The molecule has 2 aliphatic rings. The van der Waals surface area contributed by atoms with E-state index in [1.165, 1.54) is 77.0 Å². The highest BCUT2D eigenvalue weighted by Crippen LogP contribution is 2.34. The molecule has 0 aromatic heterocycles. The SMILES string of the molecule is CC(C)[13CH3].CCCCC1CCC(C)C1.CCCCC1CCC(C)C1. The van der Waals surface area contributed by atoms with Gasteiger partial charge in [-0.3, -0.25) is 0 Å². The molecule has 0 heterocycles. The van der Waals surface area contributed by atoms with Crippen molar-refractivity contribution in [1.29, 1.82) is 0 Å². The molecule has 0 heteroatoms. The van der Waals surface area contributed by atoms with E-state index < -0.39 is 0 Å². The summed E-state index contributed by atoms with van der Waals surface area (Å²) in [7, 11) is 0. The molecule has 0 aliphatic heterocycles. The second-order valence-corrected chi connectivity index (χ2v) is 9.59. The van der Waals surface area contributed by atoms with Crippen LogP contribution in [0.2, 0.25) is 0 Å². The molecule has 0 spiro atoms. The van der Waals surface area contributed by atoms with E-state index in [2.05, 4.69) is 48.5 Å². The van der Waals surface area contributed by atoms with Crippen molar-refractivity contribution in [1.82, 2.24) is 0 Å². The topological polar surface area (TPSA) is 0 Å². The first kappa shape index (κ1) is 24.0. The summed E-state index contributed by atoms with van der Waals surface area (Å²) >= 11 is 0. The lowest BCUT2D eigenvalue weighted by Crippen LogP contribution is -1.93. The summed E-state index contributed by atoms with van der Waals surface area (Å²) in [4.78, 5) is 0. The Morgan fingerprint density at radius 3 is 1.21 bits per heavy atom. The maximum Gasteiger partial charge on any atom is -0.0412 e. The van der Waals surface area contributed by atoms with E-state index in [9.17, 15) is 0 Å². The molecule has 0 aromatic carbocycles. The third kappa shape index (κ3) is 14.4. The molecular weight excluding hydrogens is 289 g/mol. The third-order valence-electron chi connectivity index (χ3n) is 5.54. The minimum atomic E-state index is 0.833. The zero-order valence-electron chi connectivity index (χ0n) is 18.4. The monoisotopic (exact) mass is 339 g/mol. The van der Waals surface area contributed by atoms with E-state index in [1.54, 1.807) is 0 Å². The van der Waals surface area contributed by atoms with Gasteiger partial charge in [0.2, 0.25) is 0 Å². The first-order valence-electron chi connectivity index (χ1n) is 11.4. The van der Waals surface area contributed by atoms with Crippen LogP contribution in [0.3, 0.4) is 0 Å². The highest BCUT2D eigenvalue weighted by Gasteiger charge is 2.20. The maximum absolute atomic E-state index is 2.39. The van der Waals surface area contributed by atoms with Gasteiger partial charge in [0.05, 0.1) is 0 Å². The summed E-state index contributed by atoms with van der Waals surface area (Å²) in [6.07, 6.45) is 17.7. The van der Waals surface area contributed by atoms with Crippen LogP contribution in [-0.2, 0) is 0 Å². The standard InChI is InChI=1S/2C10H20.C4H10/c2*1-3-4-5-10-7-6-9(2)8-10;1-4(2)3/h2*9-10H,3-8H2,1-2H3;4H,1-3H3/i;;1+1. The summed E-state index contributed by atoms with van der Waals surface area (Å²) in [6, 6.07) is 0. The lowest BCUT2D eigenvalue weighted by atomic mass is 10.00. The van der Waals surface area contributed by atoms with E-state index in [-0.39, 0.29) is 0 Å². The van der Waals surface area contributed by atoms with Crippen LogP contribution in [0.4, 0.5) is 0 Å². The fourth-order valence-corrected chi connectivity index (χ4v) is 4.16. The fourth-order valence-electron chi connectivity index (χ4n) is 4.16. The summed E-state index contributed by atoms with van der Waals surface area (Å²) in [5.41, 5.74) is 0. The minimum Gasteiger partial charge on any atom is -0.0654 e. The molecule has 0 amide bonds. The van der Waals surface area contributed by atoms with Gasteiger partial charge in [0.1, 0.15) is 0 Å². The van der Waals surface area contributed by atoms with Crippen LogP contribution >= 0.6 is 0 Å². The van der Waals surface area contributed by atoms with Gasteiger partial charge in [-0.15, -0.1) is 0 Å². The Morgan fingerprint density at radius 2 is 1.00 bits per heavy atom. The van der Waals surface area contributed by atoms with Crippen molar-refractivity contribution in [3.05, 3.63) is 0 Å². The molecule has 0 N–H and O–H groups in total. The van der Waals surface area contributed by atoms with E-state index in [0.717, 1.165) is 29.6 Å². The van der Waals surface area contributed by atoms with Crippen LogP contribution in [0.1, 0.15) is 126 Å². The summed E-state index contributed by atoms with van der Waals surface area (Å²) in [5, 5.41) is 0. The fraction of sp³-hybridized carbons (Fsp3) is 1.00. The van der Waals surface area contributed by atoms with Gasteiger partial charge in [0, 0.05) is 0 Å². The number of hydrogen-bond donors (Lipinski definition) is 0. The Bertz CT molecular complexity index is 228. The predicted octanol–water partition coefficient (Wildman–Crippen LogP) is 8.89. The van der Waals surface area contributed by atoms with E-state index >= 15 is 0 Å². The van der Waals surface area contributed by atoms with Gasteiger partial charge in [-0.25, -0.2) is 0 Å². The molecule has 0 nitrogen and oxygen atoms in total. The van der Waals surface area contributed by atoms with Gasteiger partial charge in [0.25, 0.3) is 0 Å². The Labute approximate surface area is 155 Å². The van der Waals surface area contributed by atoms with Crippen molar-refractivity contribution in [3.8, 4) is 0 Å². The van der Waals surface area contributed by atoms with Gasteiger partial charge in [-0.2, -0.15) is 0 Å². The Kier molecular flexibility index (Phi) is 15.3. The van der Waals surface area contributed by atoms with Crippen LogP contribution in [0, 0.1) is 29.6 Å². The van der Waals surface area contributed by atoms with Gasteiger partial charge in [-0.1, -0.05) is 113 Å². The van der Waals surface area contributed by atoms with Crippen LogP contribution in [-0.4, -0.2) is 0 Å². The van der Waals surface area contributed by atoms with E-state index in [1.807, 2.05) is 0 Å². The Balaban J connectivity index is 0.000000363. The molecule has 2 fully saturated rings. The first-order valence-corrected chi connectivity index (χ1v) is 11.4. The average Bonchev–Trinajstić information content (AvgIpc) is 3.11. The maximum atomic E-state index is 2.39. The second-order valence-electron chi connectivity index (χ2n) is 9.59. The quantitative estimate of drug-likeness (QED) is 0.424. The summed E-state index contributed by atoms with van der Waals surface area (Å²) in [5.74, 6) is 5.08.